The van der Waals surface area contributed by atoms with Crippen LogP contribution < -0.4 is 0 Å². The largest absolute Gasteiger partial charge is 0.416 e. The summed E-state index contributed by atoms with van der Waals surface area (Å²) in [5, 5.41) is 10.6. The molecule has 1 heterocycles. The Morgan fingerprint density at radius 3 is 2.56 bits per heavy atom. The van der Waals surface area contributed by atoms with Gasteiger partial charge in [-0.3, -0.25) is 0 Å². The summed E-state index contributed by atoms with van der Waals surface area (Å²) < 4.78 is 38.0. The second-order valence-corrected chi connectivity index (χ2v) is 4.91. The topological polar surface area (TPSA) is 23.5 Å². The van der Waals surface area contributed by atoms with E-state index in [0.29, 0.717) is 18.5 Å². The van der Waals surface area contributed by atoms with Crippen molar-refractivity contribution in [3.63, 3.8) is 0 Å². The molecule has 2 rings (SSSR count). The third-order valence-electron chi connectivity index (χ3n) is 3.89. The highest BCUT2D eigenvalue weighted by atomic mass is 19.4. The summed E-state index contributed by atoms with van der Waals surface area (Å²) in [4.78, 5) is 1.94. The highest BCUT2D eigenvalue weighted by Gasteiger charge is 2.44. The summed E-state index contributed by atoms with van der Waals surface area (Å²) in [6.07, 6.45) is -3.92. The zero-order chi connectivity index (χ0) is 13.6. The van der Waals surface area contributed by atoms with Crippen molar-refractivity contribution in [1.29, 1.82) is 0 Å². The molecule has 0 bridgehead atoms. The van der Waals surface area contributed by atoms with Crippen molar-refractivity contribution in [1.82, 2.24) is 4.90 Å². The number of hydrogen-bond acceptors (Lipinski definition) is 2. The van der Waals surface area contributed by atoms with Crippen LogP contribution >= 0.6 is 0 Å². The van der Waals surface area contributed by atoms with E-state index in [2.05, 4.69) is 0 Å². The Morgan fingerprint density at radius 1 is 1.39 bits per heavy atom. The number of halogens is 3. The van der Waals surface area contributed by atoms with Crippen molar-refractivity contribution in [2.45, 2.75) is 31.2 Å². The Hall–Kier alpha value is -1.07. The minimum Gasteiger partial charge on any atom is -0.383 e. The maximum absolute atomic E-state index is 12.7. The van der Waals surface area contributed by atoms with Gasteiger partial charge in [-0.15, -0.1) is 0 Å². The maximum atomic E-state index is 12.7. The Kier molecular flexibility index (Phi) is 3.15. The molecule has 0 radical (unpaired) electrons. The molecule has 1 saturated heterocycles. The van der Waals surface area contributed by atoms with Gasteiger partial charge in [-0.25, -0.2) is 0 Å². The lowest BCUT2D eigenvalue weighted by Crippen LogP contribution is -2.38. The molecule has 2 nitrogen and oxygen atoms in total. The fraction of sp³-hybridized carbons (Fsp3) is 0.538. The summed E-state index contributed by atoms with van der Waals surface area (Å²) >= 11 is 0. The average molecular weight is 259 g/mol. The Labute approximate surface area is 104 Å². The van der Waals surface area contributed by atoms with Crippen molar-refractivity contribution < 1.29 is 18.3 Å². The molecule has 0 aromatic heterocycles. The molecule has 5 heteroatoms. The lowest BCUT2D eigenvalue weighted by Gasteiger charge is -2.30. The van der Waals surface area contributed by atoms with Crippen LogP contribution in [0.25, 0.3) is 0 Å². The van der Waals surface area contributed by atoms with Crippen molar-refractivity contribution in [3.05, 3.63) is 35.4 Å². The number of aliphatic hydroxyl groups is 1. The normalized spacial score (nSPS) is 29.8. The smallest absolute Gasteiger partial charge is 0.383 e. The van der Waals surface area contributed by atoms with E-state index in [9.17, 15) is 18.3 Å². The number of nitrogens with zero attached hydrogens (tertiary/aromatic N) is 1. The van der Waals surface area contributed by atoms with E-state index in [1.54, 1.807) is 6.07 Å². The molecule has 1 aromatic carbocycles. The highest BCUT2D eigenvalue weighted by Crippen LogP contribution is 2.39. The molecule has 1 N–H and O–H groups in total. The summed E-state index contributed by atoms with van der Waals surface area (Å²) in [5.74, 6) is 0. The summed E-state index contributed by atoms with van der Waals surface area (Å²) in [6, 6.07) is 4.79. The Balaban J connectivity index is 2.40. The van der Waals surface area contributed by atoms with E-state index in [-0.39, 0.29) is 6.04 Å². The van der Waals surface area contributed by atoms with Gasteiger partial charge in [0.25, 0.3) is 0 Å². The van der Waals surface area contributed by atoms with Gasteiger partial charge in [0.15, 0.2) is 0 Å². The Bertz CT molecular complexity index is 446. The standard InChI is InChI=1S/C13H16F3NO/c1-9-12(18,6-7-17(9)2)10-4-3-5-11(8-10)13(14,15)16/h3-5,8-9,18H,6-7H2,1-2H3. The van der Waals surface area contributed by atoms with Crippen LogP contribution in [0.2, 0.25) is 0 Å². The number of rotatable bonds is 1. The third kappa shape index (κ3) is 2.12. The van der Waals surface area contributed by atoms with Crippen LogP contribution in [-0.2, 0) is 11.8 Å². The lowest BCUT2D eigenvalue weighted by atomic mass is 9.86. The molecule has 0 spiro atoms. The van der Waals surface area contributed by atoms with Crippen LogP contribution in [-0.4, -0.2) is 29.6 Å². The molecule has 1 fully saturated rings. The van der Waals surface area contributed by atoms with E-state index >= 15 is 0 Å². The first kappa shape index (κ1) is 13.4. The predicted octanol–water partition coefficient (Wildman–Crippen LogP) is 2.62. The molecule has 2 unspecified atom stereocenters. The van der Waals surface area contributed by atoms with Crippen LogP contribution in [0, 0.1) is 0 Å². The number of benzene rings is 1. The van der Waals surface area contributed by atoms with Gasteiger partial charge in [0.05, 0.1) is 5.56 Å². The first-order chi connectivity index (χ1) is 8.25. The molecule has 18 heavy (non-hydrogen) atoms. The number of likely N-dealkylation sites (tertiary alicyclic amines) is 1. The molecule has 1 aliphatic rings. The molecular weight excluding hydrogens is 243 g/mol. The van der Waals surface area contributed by atoms with Crippen LogP contribution in [0.5, 0.6) is 0 Å². The zero-order valence-electron chi connectivity index (χ0n) is 10.3. The maximum Gasteiger partial charge on any atom is 0.416 e. The first-order valence-corrected chi connectivity index (χ1v) is 5.85. The van der Waals surface area contributed by atoms with Crippen LogP contribution in [0.15, 0.2) is 24.3 Å². The fourth-order valence-electron chi connectivity index (χ4n) is 2.46. The summed E-state index contributed by atoms with van der Waals surface area (Å²) in [5.41, 5.74) is -1.57. The molecule has 1 aromatic rings. The Morgan fingerprint density at radius 2 is 2.06 bits per heavy atom. The van der Waals surface area contributed by atoms with Gasteiger partial charge in [-0.05, 0) is 38.1 Å². The monoisotopic (exact) mass is 259 g/mol. The minimum atomic E-state index is -4.37. The quantitative estimate of drug-likeness (QED) is 0.838. The number of likely N-dealkylation sites (N-methyl/N-ethyl adjacent to an activating group) is 1. The van der Waals surface area contributed by atoms with Crippen LogP contribution in [0.3, 0.4) is 0 Å². The van der Waals surface area contributed by atoms with Gasteiger partial charge in [-0.1, -0.05) is 12.1 Å². The van der Waals surface area contributed by atoms with Gasteiger partial charge in [0.2, 0.25) is 0 Å². The van der Waals surface area contributed by atoms with Gasteiger partial charge < -0.3 is 10.0 Å². The first-order valence-electron chi connectivity index (χ1n) is 5.85. The molecular formula is C13H16F3NO. The molecule has 1 aliphatic heterocycles. The predicted molar refractivity (Wildman–Crippen MR) is 62.0 cm³/mol. The van der Waals surface area contributed by atoms with Crippen molar-refractivity contribution in [2.24, 2.45) is 0 Å². The summed E-state index contributed by atoms with van der Waals surface area (Å²) in [6.45, 7) is 2.50. The second-order valence-electron chi connectivity index (χ2n) is 4.91. The van der Waals surface area contributed by atoms with Gasteiger partial charge in [-0.2, -0.15) is 13.2 Å². The van der Waals surface area contributed by atoms with E-state index in [4.69, 9.17) is 0 Å². The SMILES string of the molecule is CC1N(C)CCC1(O)c1cccc(C(F)(F)F)c1. The second kappa shape index (κ2) is 4.24. The van der Waals surface area contributed by atoms with Gasteiger partial charge >= 0.3 is 6.18 Å². The molecule has 2 atom stereocenters. The third-order valence-corrected chi connectivity index (χ3v) is 3.89. The van der Waals surface area contributed by atoms with E-state index in [1.165, 1.54) is 6.07 Å². The fourth-order valence-corrected chi connectivity index (χ4v) is 2.46. The molecule has 0 aliphatic carbocycles. The van der Waals surface area contributed by atoms with Gasteiger partial charge in [0, 0.05) is 12.6 Å². The van der Waals surface area contributed by atoms with Gasteiger partial charge in [0.1, 0.15) is 5.60 Å². The van der Waals surface area contributed by atoms with Crippen LogP contribution in [0.1, 0.15) is 24.5 Å². The molecule has 100 valence electrons. The number of hydrogen-bond donors (Lipinski definition) is 1. The minimum absolute atomic E-state index is 0.194. The van der Waals surface area contributed by atoms with E-state index < -0.39 is 17.3 Å². The summed E-state index contributed by atoms with van der Waals surface area (Å²) in [7, 11) is 1.86. The highest BCUT2D eigenvalue weighted by molar-refractivity contribution is 5.32. The average Bonchev–Trinajstić information content (AvgIpc) is 2.58. The van der Waals surface area contributed by atoms with E-state index in [1.807, 2.05) is 18.9 Å². The van der Waals surface area contributed by atoms with Crippen molar-refractivity contribution >= 4 is 0 Å². The molecule has 0 saturated carbocycles. The van der Waals surface area contributed by atoms with Crippen LogP contribution in [0.4, 0.5) is 13.2 Å². The molecule has 0 amide bonds. The lowest BCUT2D eigenvalue weighted by molar-refractivity contribution is -0.137. The van der Waals surface area contributed by atoms with Crippen molar-refractivity contribution in [3.8, 4) is 0 Å². The van der Waals surface area contributed by atoms with E-state index in [0.717, 1.165) is 12.1 Å². The van der Waals surface area contributed by atoms with Crippen molar-refractivity contribution in [2.75, 3.05) is 13.6 Å². The number of alkyl halides is 3. The zero-order valence-corrected chi connectivity index (χ0v) is 10.3.